The summed E-state index contributed by atoms with van der Waals surface area (Å²) in [5.41, 5.74) is -0.0411. The van der Waals surface area contributed by atoms with Gasteiger partial charge in [-0.1, -0.05) is 0 Å². The first-order valence-corrected chi connectivity index (χ1v) is 3.51. The van der Waals surface area contributed by atoms with E-state index in [-0.39, 0.29) is 12.0 Å². The number of aldehydes is 1. The minimum atomic E-state index is -0.717. The van der Waals surface area contributed by atoms with E-state index in [1.165, 1.54) is 6.20 Å². The highest BCUT2D eigenvalue weighted by Crippen LogP contribution is 1.99. The van der Waals surface area contributed by atoms with Gasteiger partial charge in [-0.15, -0.1) is 10.2 Å². The molecule has 1 aromatic rings. The Bertz CT molecular complexity index is 320. The van der Waals surface area contributed by atoms with Gasteiger partial charge in [0.15, 0.2) is 12.0 Å². The van der Waals surface area contributed by atoms with Crippen molar-refractivity contribution in [2.75, 3.05) is 19.0 Å². The van der Waals surface area contributed by atoms with Crippen LogP contribution in [0.4, 0.5) is 5.95 Å². The van der Waals surface area contributed by atoms with Crippen molar-refractivity contribution in [1.29, 1.82) is 0 Å². The van der Waals surface area contributed by atoms with Crippen molar-refractivity contribution in [1.82, 2.24) is 15.2 Å². The molecule has 0 aliphatic carbocycles. The molecule has 0 amide bonds. The molecule has 68 valence electrons. The molecule has 1 rings (SSSR count). The minimum Gasteiger partial charge on any atom is -0.346 e. The molecule has 1 aromatic heterocycles. The molecule has 0 N–H and O–H groups in total. The molecule has 0 aromatic carbocycles. The maximum Gasteiger partial charge on any atom is 0.247 e. The Morgan fingerprint density at radius 2 is 2.15 bits per heavy atom. The number of carbonyl (C=O) groups excluding carboxylic acids is 2. The molecule has 0 spiro atoms. The number of aromatic nitrogens is 3. The second kappa shape index (κ2) is 3.70. The molecule has 0 atom stereocenters. The quantitative estimate of drug-likeness (QED) is 0.348. The standard InChI is InChI=1S/C7H8N4O2/c1-11(2)7-8-3-5(9-10-7)6(13)4-12/h3-4H,1-2H3. The highest BCUT2D eigenvalue weighted by atomic mass is 16.2. The van der Waals surface area contributed by atoms with Crippen LogP contribution in [0.25, 0.3) is 0 Å². The lowest BCUT2D eigenvalue weighted by Gasteiger charge is -2.07. The first-order valence-electron chi connectivity index (χ1n) is 3.51. The molecule has 0 saturated carbocycles. The number of rotatable bonds is 3. The van der Waals surface area contributed by atoms with Gasteiger partial charge in [0.1, 0.15) is 0 Å². The molecule has 0 aliphatic rings. The highest BCUT2D eigenvalue weighted by molar-refractivity contribution is 6.32. The highest BCUT2D eigenvalue weighted by Gasteiger charge is 2.07. The van der Waals surface area contributed by atoms with Gasteiger partial charge in [-0.2, -0.15) is 0 Å². The zero-order valence-electron chi connectivity index (χ0n) is 7.26. The average molecular weight is 180 g/mol. The number of hydrogen-bond acceptors (Lipinski definition) is 6. The number of hydrogen-bond donors (Lipinski definition) is 0. The van der Waals surface area contributed by atoms with Crippen LogP contribution in [0.2, 0.25) is 0 Å². The van der Waals surface area contributed by atoms with E-state index in [0.29, 0.717) is 5.95 Å². The van der Waals surface area contributed by atoms with Gasteiger partial charge < -0.3 is 4.90 Å². The topological polar surface area (TPSA) is 76.1 Å². The number of ketones is 1. The number of nitrogens with zero attached hydrogens (tertiary/aromatic N) is 4. The van der Waals surface area contributed by atoms with E-state index in [1.807, 2.05) is 0 Å². The fraction of sp³-hybridized carbons (Fsp3) is 0.286. The van der Waals surface area contributed by atoms with Crippen LogP contribution in [-0.2, 0) is 4.79 Å². The molecule has 6 heteroatoms. The van der Waals surface area contributed by atoms with E-state index in [1.54, 1.807) is 19.0 Å². The van der Waals surface area contributed by atoms with Gasteiger partial charge in [0, 0.05) is 14.1 Å². The predicted octanol–water partition coefficient (Wildman–Crippen LogP) is -0.681. The SMILES string of the molecule is CN(C)c1ncc(C(=O)C=O)nn1. The maximum absolute atomic E-state index is 10.8. The van der Waals surface area contributed by atoms with Crippen LogP contribution in [0.5, 0.6) is 0 Å². The third-order valence-corrected chi connectivity index (χ3v) is 1.31. The summed E-state index contributed by atoms with van der Waals surface area (Å²) in [5.74, 6) is -0.326. The van der Waals surface area contributed by atoms with Crippen molar-refractivity contribution in [3.05, 3.63) is 11.9 Å². The van der Waals surface area contributed by atoms with Crippen molar-refractivity contribution >= 4 is 18.0 Å². The van der Waals surface area contributed by atoms with Gasteiger partial charge in [0.25, 0.3) is 0 Å². The second-order valence-electron chi connectivity index (χ2n) is 2.52. The van der Waals surface area contributed by atoms with Crippen molar-refractivity contribution in [2.24, 2.45) is 0 Å². The largest absolute Gasteiger partial charge is 0.346 e. The Balaban J connectivity index is 2.93. The van der Waals surface area contributed by atoms with Crippen LogP contribution in [0.3, 0.4) is 0 Å². The summed E-state index contributed by atoms with van der Waals surface area (Å²) in [5, 5.41) is 7.17. The van der Waals surface area contributed by atoms with E-state index in [9.17, 15) is 9.59 Å². The Kier molecular flexibility index (Phi) is 2.63. The summed E-state index contributed by atoms with van der Waals surface area (Å²) in [6.07, 6.45) is 1.40. The van der Waals surface area contributed by atoms with E-state index in [2.05, 4.69) is 15.2 Å². The molecule has 0 saturated heterocycles. The van der Waals surface area contributed by atoms with Gasteiger partial charge in [-0.05, 0) is 0 Å². The van der Waals surface area contributed by atoms with Crippen LogP contribution in [0.1, 0.15) is 10.5 Å². The van der Waals surface area contributed by atoms with Crippen LogP contribution >= 0.6 is 0 Å². The minimum absolute atomic E-state index is 0.0411. The maximum atomic E-state index is 10.8. The Labute approximate surface area is 74.6 Å². The number of anilines is 1. The van der Waals surface area contributed by atoms with Crippen molar-refractivity contribution < 1.29 is 9.59 Å². The molecular formula is C7H8N4O2. The third kappa shape index (κ3) is 2.05. The lowest BCUT2D eigenvalue weighted by atomic mass is 10.3. The van der Waals surface area contributed by atoms with Gasteiger partial charge >= 0.3 is 0 Å². The molecular weight excluding hydrogens is 172 g/mol. The molecule has 0 aliphatic heterocycles. The zero-order valence-corrected chi connectivity index (χ0v) is 7.26. The summed E-state index contributed by atoms with van der Waals surface area (Å²) >= 11 is 0. The van der Waals surface area contributed by atoms with E-state index < -0.39 is 5.78 Å². The molecule has 0 radical (unpaired) electrons. The van der Waals surface area contributed by atoms with Crippen molar-refractivity contribution in [2.45, 2.75) is 0 Å². The lowest BCUT2D eigenvalue weighted by Crippen LogP contribution is -2.15. The summed E-state index contributed by atoms with van der Waals surface area (Å²) in [4.78, 5) is 26.3. The Morgan fingerprint density at radius 1 is 1.46 bits per heavy atom. The zero-order chi connectivity index (χ0) is 9.84. The van der Waals surface area contributed by atoms with Gasteiger partial charge in [0.2, 0.25) is 11.7 Å². The second-order valence-corrected chi connectivity index (χ2v) is 2.52. The average Bonchev–Trinajstić information content (AvgIpc) is 2.17. The summed E-state index contributed by atoms with van der Waals surface area (Å²) < 4.78 is 0. The Morgan fingerprint density at radius 3 is 2.54 bits per heavy atom. The van der Waals surface area contributed by atoms with Crippen LogP contribution < -0.4 is 4.90 Å². The molecule has 6 nitrogen and oxygen atoms in total. The van der Waals surface area contributed by atoms with Crippen molar-refractivity contribution in [3.63, 3.8) is 0 Å². The third-order valence-electron chi connectivity index (χ3n) is 1.31. The number of carbonyl (C=O) groups is 2. The van der Waals surface area contributed by atoms with Crippen LogP contribution in [0.15, 0.2) is 6.20 Å². The van der Waals surface area contributed by atoms with Gasteiger partial charge in [0.05, 0.1) is 6.20 Å². The van der Waals surface area contributed by atoms with E-state index >= 15 is 0 Å². The monoisotopic (exact) mass is 180 g/mol. The lowest BCUT2D eigenvalue weighted by molar-refractivity contribution is -0.104. The molecule has 0 bridgehead atoms. The summed E-state index contributed by atoms with van der Waals surface area (Å²) in [6, 6.07) is 0. The normalized spacial score (nSPS) is 9.38. The predicted molar refractivity (Wildman–Crippen MR) is 44.5 cm³/mol. The smallest absolute Gasteiger partial charge is 0.247 e. The fourth-order valence-electron chi connectivity index (χ4n) is 0.647. The summed E-state index contributed by atoms with van der Waals surface area (Å²) in [7, 11) is 3.50. The van der Waals surface area contributed by atoms with Gasteiger partial charge in [-0.25, -0.2) is 4.98 Å². The first kappa shape index (κ1) is 9.24. The summed E-state index contributed by atoms with van der Waals surface area (Å²) in [6.45, 7) is 0. The molecule has 1 heterocycles. The van der Waals surface area contributed by atoms with Crippen LogP contribution in [0, 0.1) is 0 Å². The molecule has 13 heavy (non-hydrogen) atoms. The van der Waals surface area contributed by atoms with Gasteiger partial charge in [-0.3, -0.25) is 9.59 Å². The van der Waals surface area contributed by atoms with Crippen molar-refractivity contribution in [3.8, 4) is 0 Å². The van der Waals surface area contributed by atoms with E-state index in [4.69, 9.17) is 0 Å². The van der Waals surface area contributed by atoms with E-state index in [0.717, 1.165) is 0 Å². The Hall–Kier alpha value is -1.85. The molecule has 0 fully saturated rings. The molecule has 0 unspecified atom stereocenters. The fourth-order valence-corrected chi connectivity index (χ4v) is 0.647. The number of Topliss-reactive ketones (excluding diaryl/α,β-unsaturated/α-hetero) is 1. The first-order chi connectivity index (χ1) is 6.15. The van der Waals surface area contributed by atoms with Crippen LogP contribution in [-0.4, -0.2) is 41.3 Å².